The second-order valence-electron chi connectivity index (χ2n) is 6.06. The number of methoxy groups -OCH3 is 1. The van der Waals surface area contributed by atoms with Crippen LogP contribution in [0.1, 0.15) is 20.7 Å². The highest BCUT2D eigenvalue weighted by Crippen LogP contribution is 2.21. The molecule has 6 heteroatoms. The predicted octanol–water partition coefficient (Wildman–Crippen LogP) is 3.92. The van der Waals surface area contributed by atoms with Gasteiger partial charge >= 0.3 is 5.97 Å². The summed E-state index contributed by atoms with van der Waals surface area (Å²) in [6.07, 6.45) is 0. The van der Waals surface area contributed by atoms with E-state index in [1.807, 2.05) is 54.1 Å². The molecule has 134 valence electrons. The number of esters is 1. The normalized spacial score (nSPS) is 11.9. The van der Waals surface area contributed by atoms with Crippen LogP contribution in [0.25, 0.3) is 21.0 Å². The van der Waals surface area contributed by atoms with Gasteiger partial charge in [0.2, 0.25) is 0 Å². The van der Waals surface area contributed by atoms with Crippen LogP contribution in [0.2, 0.25) is 0 Å². The number of rotatable bonds is 2. The molecular weight excluding hydrogens is 360 g/mol. The van der Waals surface area contributed by atoms with Crippen molar-refractivity contribution in [3.8, 4) is 0 Å². The van der Waals surface area contributed by atoms with Crippen LogP contribution in [0.15, 0.2) is 65.7 Å². The third-order valence-corrected chi connectivity index (χ3v) is 5.54. The maximum absolute atomic E-state index is 12.8. The number of carbonyl (C=O) groups is 2. The minimum absolute atomic E-state index is 0.290. The standard InChI is InChI=1S/C21H16N2O3S/c1-23-17-11-10-14(20(25)26-2)12-18(17)27-21(23)22-19(24)16-9-5-7-13-6-3-4-8-15(13)16/h3-12H,1-2H3. The molecule has 0 fully saturated rings. The Morgan fingerprint density at radius 3 is 2.63 bits per heavy atom. The van der Waals surface area contributed by atoms with Gasteiger partial charge in [0.25, 0.3) is 5.91 Å². The van der Waals surface area contributed by atoms with Crippen LogP contribution in [0.5, 0.6) is 0 Å². The molecule has 0 saturated heterocycles. The van der Waals surface area contributed by atoms with Gasteiger partial charge in [0.05, 0.1) is 22.9 Å². The lowest BCUT2D eigenvalue weighted by Gasteiger charge is -2.02. The molecule has 1 aromatic heterocycles. The Balaban J connectivity index is 1.83. The van der Waals surface area contributed by atoms with Crippen molar-refractivity contribution >= 4 is 44.2 Å². The number of hydrogen-bond donors (Lipinski definition) is 0. The van der Waals surface area contributed by atoms with E-state index >= 15 is 0 Å². The number of carbonyl (C=O) groups excluding carboxylic acids is 2. The first-order valence-electron chi connectivity index (χ1n) is 8.33. The molecule has 5 nitrogen and oxygen atoms in total. The fourth-order valence-electron chi connectivity index (χ4n) is 3.04. The summed E-state index contributed by atoms with van der Waals surface area (Å²) in [6, 6.07) is 18.7. The molecular formula is C21H16N2O3S. The molecule has 0 atom stereocenters. The predicted molar refractivity (Wildman–Crippen MR) is 106 cm³/mol. The van der Waals surface area contributed by atoms with Crippen molar-refractivity contribution in [1.82, 2.24) is 4.57 Å². The summed E-state index contributed by atoms with van der Waals surface area (Å²) < 4.78 is 7.48. The largest absolute Gasteiger partial charge is 0.465 e. The van der Waals surface area contributed by atoms with Crippen LogP contribution < -0.4 is 4.80 Å². The second-order valence-corrected chi connectivity index (χ2v) is 7.07. The molecule has 1 amide bonds. The zero-order chi connectivity index (χ0) is 19.0. The molecule has 0 N–H and O–H groups in total. The maximum Gasteiger partial charge on any atom is 0.337 e. The monoisotopic (exact) mass is 376 g/mol. The molecule has 3 aromatic carbocycles. The molecule has 0 unspecified atom stereocenters. The van der Waals surface area contributed by atoms with Crippen molar-refractivity contribution in [2.24, 2.45) is 12.0 Å². The van der Waals surface area contributed by atoms with Gasteiger partial charge in [-0.3, -0.25) is 4.79 Å². The highest BCUT2D eigenvalue weighted by Gasteiger charge is 2.12. The Hall–Kier alpha value is -3.25. The number of amides is 1. The van der Waals surface area contributed by atoms with Crippen molar-refractivity contribution in [2.75, 3.05) is 7.11 Å². The average molecular weight is 376 g/mol. The van der Waals surface area contributed by atoms with E-state index < -0.39 is 5.97 Å². The Morgan fingerprint density at radius 2 is 1.81 bits per heavy atom. The molecule has 0 saturated carbocycles. The Labute approximate surface area is 159 Å². The highest BCUT2D eigenvalue weighted by atomic mass is 32.1. The van der Waals surface area contributed by atoms with E-state index in [2.05, 4.69) is 4.99 Å². The number of benzene rings is 3. The molecule has 0 bridgehead atoms. The second kappa shape index (κ2) is 6.81. The number of ether oxygens (including phenoxy) is 1. The SMILES string of the molecule is COC(=O)c1ccc2c(c1)sc(=NC(=O)c1cccc3ccccc13)n2C. The van der Waals surface area contributed by atoms with Crippen LogP contribution in [-0.4, -0.2) is 23.6 Å². The smallest absolute Gasteiger partial charge is 0.337 e. The van der Waals surface area contributed by atoms with Crippen LogP contribution in [0, 0.1) is 0 Å². The molecule has 27 heavy (non-hydrogen) atoms. The molecule has 0 radical (unpaired) electrons. The van der Waals surface area contributed by atoms with Crippen LogP contribution in [0.3, 0.4) is 0 Å². The van der Waals surface area contributed by atoms with Gasteiger partial charge in [-0.2, -0.15) is 4.99 Å². The number of thiazole rings is 1. The van der Waals surface area contributed by atoms with Crippen molar-refractivity contribution in [2.45, 2.75) is 0 Å². The van der Waals surface area contributed by atoms with Crippen molar-refractivity contribution in [3.05, 3.63) is 76.6 Å². The maximum atomic E-state index is 12.8. The van der Waals surface area contributed by atoms with E-state index in [1.165, 1.54) is 18.4 Å². The van der Waals surface area contributed by atoms with E-state index in [1.54, 1.807) is 18.2 Å². The molecule has 1 heterocycles. The lowest BCUT2D eigenvalue weighted by Crippen LogP contribution is -2.13. The zero-order valence-corrected chi connectivity index (χ0v) is 15.6. The van der Waals surface area contributed by atoms with Gasteiger partial charge in [0.1, 0.15) is 0 Å². The number of hydrogen-bond acceptors (Lipinski definition) is 4. The summed E-state index contributed by atoms with van der Waals surface area (Å²) in [6.45, 7) is 0. The lowest BCUT2D eigenvalue weighted by atomic mass is 10.0. The summed E-state index contributed by atoms with van der Waals surface area (Å²) in [7, 11) is 3.20. The van der Waals surface area contributed by atoms with E-state index in [-0.39, 0.29) is 5.91 Å². The van der Waals surface area contributed by atoms with E-state index in [0.717, 1.165) is 21.0 Å². The quantitative estimate of drug-likeness (QED) is 0.498. The van der Waals surface area contributed by atoms with Crippen LogP contribution in [0.4, 0.5) is 0 Å². The summed E-state index contributed by atoms with van der Waals surface area (Å²) in [5, 5.41) is 1.88. The molecule has 4 aromatic rings. The molecule has 0 aliphatic rings. The van der Waals surface area contributed by atoms with Crippen molar-refractivity contribution < 1.29 is 14.3 Å². The van der Waals surface area contributed by atoms with Gasteiger partial charge in [-0.15, -0.1) is 0 Å². The van der Waals surface area contributed by atoms with Gasteiger partial charge in [-0.1, -0.05) is 47.7 Å². The number of aromatic nitrogens is 1. The van der Waals surface area contributed by atoms with Gasteiger partial charge < -0.3 is 9.30 Å². The first-order valence-corrected chi connectivity index (χ1v) is 9.15. The third-order valence-electron chi connectivity index (χ3n) is 4.45. The summed E-state index contributed by atoms with van der Waals surface area (Å²) >= 11 is 1.36. The zero-order valence-electron chi connectivity index (χ0n) is 14.8. The van der Waals surface area contributed by atoms with Gasteiger partial charge in [0.15, 0.2) is 4.80 Å². The summed E-state index contributed by atoms with van der Waals surface area (Å²) in [5.41, 5.74) is 1.94. The van der Waals surface area contributed by atoms with Gasteiger partial charge in [0, 0.05) is 12.6 Å². The van der Waals surface area contributed by atoms with Crippen molar-refractivity contribution in [3.63, 3.8) is 0 Å². The van der Waals surface area contributed by atoms with E-state index in [0.29, 0.717) is 15.9 Å². The summed E-state index contributed by atoms with van der Waals surface area (Å²) in [4.78, 5) is 29.5. The first-order chi connectivity index (χ1) is 13.1. The summed E-state index contributed by atoms with van der Waals surface area (Å²) in [5.74, 6) is -0.680. The highest BCUT2D eigenvalue weighted by molar-refractivity contribution is 7.16. The van der Waals surface area contributed by atoms with Gasteiger partial charge in [-0.05, 0) is 35.0 Å². The minimum atomic E-state index is -0.390. The van der Waals surface area contributed by atoms with Gasteiger partial charge in [-0.25, -0.2) is 4.79 Å². The Morgan fingerprint density at radius 1 is 1.04 bits per heavy atom. The van der Waals surface area contributed by atoms with Crippen LogP contribution >= 0.6 is 11.3 Å². The number of fused-ring (bicyclic) bond motifs is 2. The Bertz CT molecular complexity index is 1260. The lowest BCUT2D eigenvalue weighted by molar-refractivity contribution is 0.0601. The number of nitrogens with zero attached hydrogens (tertiary/aromatic N) is 2. The van der Waals surface area contributed by atoms with E-state index in [4.69, 9.17) is 4.74 Å². The third kappa shape index (κ3) is 3.04. The fraction of sp³-hybridized carbons (Fsp3) is 0.0952. The van der Waals surface area contributed by atoms with Crippen LogP contribution in [-0.2, 0) is 11.8 Å². The Kier molecular flexibility index (Phi) is 4.33. The average Bonchev–Trinajstić information content (AvgIpc) is 3.01. The molecule has 0 spiro atoms. The molecule has 0 aliphatic heterocycles. The van der Waals surface area contributed by atoms with E-state index in [9.17, 15) is 9.59 Å². The topological polar surface area (TPSA) is 60.7 Å². The molecule has 0 aliphatic carbocycles. The number of aryl methyl sites for hydroxylation is 1. The molecule has 4 rings (SSSR count). The first kappa shape index (κ1) is 17.2. The fourth-order valence-corrected chi connectivity index (χ4v) is 4.10. The minimum Gasteiger partial charge on any atom is -0.465 e. The van der Waals surface area contributed by atoms with Crippen molar-refractivity contribution in [1.29, 1.82) is 0 Å².